The van der Waals surface area contributed by atoms with Crippen molar-refractivity contribution in [1.82, 2.24) is 10.2 Å². The van der Waals surface area contributed by atoms with Gasteiger partial charge in [-0.25, -0.2) is 0 Å². The van der Waals surface area contributed by atoms with Crippen LogP contribution in [0.15, 0.2) is 30.3 Å². The summed E-state index contributed by atoms with van der Waals surface area (Å²) >= 11 is 0. The highest BCUT2D eigenvalue weighted by atomic mass is 16.5. The first kappa shape index (κ1) is 16.0. The van der Waals surface area contributed by atoms with Crippen molar-refractivity contribution < 1.29 is 4.74 Å². The minimum atomic E-state index is -0.686. The van der Waals surface area contributed by atoms with Crippen LogP contribution in [0, 0.1) is 11.3 Å². The van der Waals surface area contributed by atoms with Crippen LogP contribution in [0.4, 0.5) is 0 Å². The van der Waals surface area contributed by atoms with Gasteiger partial charge in [0.2, 0.25) is 0 Å². The number of benzene rings is 1. The van der Waals surface area contributed by atoms with Crippen molar-refractivity contribution in [3.63, 3.8) is 0 Å². The Hall–Kier alpha value is -1.41. The fourth-order valence-electron chi connectivity index (χ4n) is 3.23. The van der Waals surface area contributed by atoms with Crippen LogP contribution in [0.25, 0.3) is 0 Å². The first-order chi connectivity index (χ1) is 9.91. The lowest BCUT2D eigenvalue weighted by atomic mass is 9.90. The van der Waals surface area contributed by atoms with Crippen LogP contribution >= 0.6 is 0 Å². The zero-order valence-electron chi connectivity index (χ0n) is 13.4. The summed E-state index contributed by atoms with van der Waals surface area (Å²) in [6.45, 7) is 8.62. The zero-order valence-corrected chi connectivity index (χ0v) is 13.4. The van der Waals surface area contributed by atoms with Gasteiger partial charge in [-0.2, -0.15) is 5.26 Å². The van der Waals surface area contributed by atoms with Gasteiger partial charge in [-0.3, -0.25) is 10.2 Å². The van der Waals surface area contributed by atoms with Crippen molar-refractivity contribution >= 4 is 0 Å². The number of nitrogens with one attached hydrogen (secondary N) is 1. The first-order valence-electron chi connectivity index (χ1n) is 7.47. The maximum atomic E-state index is 9.79. The second-order valence-electron chi connectivity index (χ2n) is 6.49. The Morgan fingerprint density at radius 1 is 1.43 bits per heavy atom. The standard InChI is InChI=1S/C17H25N3O/c1-14-10-20(12-16(2,3)21-14)13-17(11-18,19-4)15-8-6-5-7-9-15/h5-9,14,19H,10,12-13H2,1-4H3. The molecule has 2 unspecified atom stereocenters. The molecule has 1 heterocycles. The summed E-state index contributed by atoms with van der Waals surface area (Å²) in [6.07, 6.45) is 0.178. The van der Waals surface area contributed by atoms with Crippen molar-refractivity contribution in [3.05, 3.63) is 35.9 Å². The van der Waals surface area contributed by atoms with Crippen LogP contribution in [0.5, 0.6) is 0 Å². The van der Waals surface area contributed by atoms with Crippen LogP contribution in [-0.2, 0) is 10.3 Å². The van der Waals surface area contributed by atoms with Crippen molar-refractivity contribution in [3.8, 4) is 6.07 Å². The van der Waals surface area contributed by atoms with E-state index in [0.29, 0.717) is 6.54 Å². The highest BCUT2D eigenvalue weighted by Gasteiger charge is 2.38. The van der Waals surface area contributed by atoms with Gasteiger partial charge in [-0.05, 0) is 33.4 Å². The third kappa shape index (κ3) is 3.62. The maximum Gasteiger partial charge on any atom is 0.144 e. The SMILES string of the molecule is CNC(C#N)(CN1CC(C)OC(C)(C)C1)c1ccccc1. The largest absolute Gasteiger partial charge is 0.370 e. The third-order valence-corrected chi connectivity index (χ3v) is 3.98. The Morgan fingerprint density at radius 2 is 2.10 bits per heavy atom. The molecule has 0 aliphatic carbocycles. The molecule has 21 heavy (non-hydrogen) atoms. The summed E-state index contributed by atoms with van der Waals surface area (Å²) in [5, 5.41) is 13.0. The van der Waals surface area contributed by atoms with E-state index >= 15 is 0 Å². The lowest BCUT2D eigenvalue weighted by Crippen LogP contribution is -2.57. The normalized spacial score (nSPS) is 25.0. The van der Waals surface area contributed by atoms with Gasteiger partial charge in [0.25, 0.3) is 0 Å². The number of hydrogen-bond acceptors (Lipinski definition) is 4. The average Bonchev–Trinajstić information content (AvgIpc) is 2.43. The summed E-state index contributed by atoms with van der Waals surface area (Å²) in [7, 11) is 1.85. The van der Waals surface area contributed by atoms with Crippen LogP contribution in [0.3, 0.4) is 0 Å². The van der Waals surface area contributed by atoms with E-state index < -0.39 is 5.54 Å². The predicted octanol–water partition coefficient (Wildman–Crippen LogP) is 2.12. The van der Waals surface area contributed by atoms with Crippen LogP contribution < -0.4 is 5.32 Å². The van der Waals surface area contributed by atoms with Crippen LogP contribution in [0.1, 0.15) is 26.3 Å². The average molecular weight is 287 g/mol. The number of nitrogens with zero attached hydrogens (tertiary/aromatic N) is 2. The summed E-state index contributed by atoms with van der Waals surface area (Å²) in [5.74, 6) is 0. The Bertz CT molecular complexity index is 509. The van der Waals surface area contributed by atoms with E-state index in [-0.39, 0.29) is 11.7 Å². The molecule has 1 aromatic carbocycles. The Balaban J connectivity index is 2.23. The molecule has 1 saturated heterocycles. The first-order valence-corrected chi connectivity index (χ1v) is 7.47. The fraction of sp³-hybridized carbons (Fsp3) is 0.588. The fourth-order valence-corrected chi connectivity index (χ4v) is 3.23. The molecule has 0 bridgehead atoms. The molecule has 1 N–H and O–H groups in total. The van der Waals surface area contributed by atoms with Gasteiger partial charge in [0, 0.05) is 19.6 Å². The van der Waals surface area contributed by atoms with Gasteiger partial charge >= 0.3 is 0 Å². The molecule has 1 aromatic rings. The Morgan fingerprint density at radius 3 is 2.62 bits per heavy atom. The predicted molar refractivity (Wildman–Crippen MR) is 83.9 cm³/mol. The van der Waals surface area contributed by atoms with Crippen molar-refractivity contribution in [2.45, 2.75) is 38.0 Å². The summed E-state index contributed by atoms with van der Waals surface area (Å²) in [4.78, 5) is 2.32. The van der Waals surface area contributed by atoms with Gasteiger partial charge in [0.1, 0.15) is 5.54 Å². The minimum absolute atomic E-state index is 0.177. The molecule has 0 aromatic heterocycles. The number of hydrogen-bond donors (Lipinski definition) is 1. The summed E-state index contributed by atoms with van der Waals surface area (Å²) < 4.78 is 5.95. The topological polar surface area (TPSA) is 48.3 Å². The zero-order chi connectivity index (χ0) is 15.5. The molecule has 4 nitrogen and oxygen atoms in total. The monoisotopic (exact) mass is 287 g/mol. The minimum Gasteiger partial charge on any atom is -0.370 e. The van der Waals surface area contributed by atoms with E-state index in [1.165, 1.54) is 0 Å². The maximum absolute atomic E-state index is 9.79. The molecule has 2 rings (SSSR count). The van der Waals surface area contributed by atoms with E-state index in [4.69, 9.17) is 4.74 Å². The van der Waals surface area contributed by atoms with Gasteiger partial charge in [0.15, 0.2) is 0 Å². The van der Waals surface area contributed by atoms with Crippen LogP contribution in [0.2, 0.25) is 0 Å². The van der Waals surface area contributed by atoms with E-state index in [1.807, 2.05) is 37.4 Å². The highest BCUT2D eigenvalue weighted by molar-refractivity contribution is 5.32. The van der Waals surface area contributed by atoms with Crippen molar-refractivity contribution in [1.29, 1.82) is 5.26 Å². The molecule has 1 aliphatic heterocycles. The van der Waals surface area contributed by atoms with E-state index in [1.54, 1.807) is 0 Å². The molecule has 0 saturated carbocycles. The second kappa shape index (κ2) is 6.15. The molecule has 0 amide bonds. The molecular formula is C17H25N3O. The molecular weight excluding hydrogens is 262 g/mol. The molecule has 1 fully saturated rings. The van der Waals surface area contributed by atoms with Gasteiger partial charge < -0.3 is 4.74 Å². The Kier molecular flexibility index (Phi) is 4.67. The lowest BCUT2D eigenvalue weighted by Gasteiger charge is -2.44. The Labute approximate surface area is 127 Å². The van der Waals surface area contributed by atoms with E-state index in [2.05, 4.69) is 37.1 Å². The second-order valence-corrected chi connectivity index (χ2v) is 6.49. The van der Waals surface area contributed by atoms with Crippen LogP contribution in [-0.4, -0.2) is 43.3 Å². The quantitative estimate of drug-likeness (QED) is 0.921. The number of ether oxygens (including phenoxy) is 1. The smallest absolute Gasteiger partial charge is 0.144 e. The molecule has 114 valence electrons. The van der Waals surface area contributed by atoms with E-state index in [0.717, 1.165) is 18.7 Å². The summed E-state index contributed by atoms with van der Waals surface area (Å²) in [6, 6.07) is 12.4. The molecule has 2 atom stereocenters. The number of rotatable bonds is 4. The summed E-state index contributed by atoms with van der Waals surface area (Å²) in [5.41, 5.74) is 0.143. The van der Waals surface area contributed by atoms with E-state index in [9.17, 15) is 5.26 Å². The highest BCUT2D eigenvalue weighted by Crippen LogP contribution is 2.26. The number of likely N-dealkylation sites (N-methyl/N-ethyl adjacent to an activating group) is 1. The molecule has 1 aliphatic rings. The van der Waals surface area contributed by atoms with Gasteiger partial charge in [-0.15, -0.1) is 0 Å². The molecule has 4 heteroatoms. The van der Waals surface area contributed by atoms with Crippen molar-refractivity contribution in [2.24, 2.45) is 0 Å². The number of morpholine rings is 1. The van der Waals surface area contributed by atoms with Gasteiger partial charge in [0.05, 0.1) is 17.8 Å². The van der Waals surface area contributed by atoms with Gasteiger partial charge in [-0.1, -0.05) is 30.3 Å². The molecule has 0 spiro atoms. The third-order valence-electron chi connectivity index (χ3n) is 3.98. The molecule has 0 radical (unpaired) electrons. The van der Waals surface area contributed by atoms with Crippen molar-refractivity contribution in [2.75, 3.05) is 26.7 Å². The lowest BCUT2D eigenvalue weighted by molar-refractivity contribution is -0.131. The number of nitriles is 1.